The summed E-state index contributed by atoms with van der Waals surface area (Å²) in [6.45, 7) is 6.92. The van der Waals surface area contributed by atoms with Crippen LogP contribution in [0.2, 0.25) is 0 Å². The summed E-state index contributed by atoms with van der Waals surface area (Å²) in [6.07, 6.45) is 7.03. The van der Waals surface area contributed by atoms with Gasteiger partial charge >= 0.3 is 0 Å². The largest absolute Gasteiger partial charge is 0.494 e. The lowest BCUT2D eigenvalue weighted by Gasteiger charge is -2.20. The maximum Gasteiger partial charge on any atom is 0.162 e. The third-order valence-corrected chi connectivity index (χ3v) is 4.64. The number of hydrogen-bond acceptors (Lipinski definition) is 4. The monoisotopic (exact) mass is 327 g/mol. The van der Waals surface area contributed by atoms with Crippen LogP contribution < -0.4 is 4.74 Å². The Hall–Kier alpha value is -2.14. The molecule has 0 bridgehead atoms. The van der Waals surface area contributed by atoms with Crippen LogP contribution in [0.25, 0.3) is 5.69 Å². The second kappa shape index (κ2) is 7.62. The van der Waals surface area contributed by atoms with E-state index < -0.39 is 0 Å². The molecule has 1 aliphatic heterocycles. The van der Waals surface area contributed by atoms with Gasteiger partial charge in [0.2, 0.25) is 0 Å². The Morgan fingerprint density at radius 1 is 1.33 bits per heavy atom. The van der Waals surface area contributed by atoms with E-state index in [1.54, 1.807) is 24.0 Å². The zero-order chi connectivity index (χ0) is 16.9. The van der Waals surface area contributed by atoms with Gasteiger partial charge in [-0.1, -0.05) is 0 Å². The van der Waals surface area contributed by atoms with Gasteiger partial charge < -0.3 is 9.64 Å². The van der Waals surface area contributed by atoms with Crippen molar-refractivity contribution in [2.45, 2.75) is 39.2 Å². The van der Waals surface area contributed by atoms with E-state index in [-0.39, 0.29) is 5.78 Å². The fourth-order valence-electron chi connectivity index (χ4n) is 3.12. The highest BCUT2D eigenvalue weighted by Gasteiger charge is 2.19. The molecular weight excluding hydrogens is 302 g/mol. The van der Waals surface area contributed by atoms with Gasteiger partial charge in [-0.05, 0) is 63.9 Å². The van der Waals surface area contributed by atoms with Crippen molar-refractivity contribution in [2.75, 3.05) is 19.7 Å². The molecule has 5 nitrogen and oxygen atoms in total. The Balaban J connectivity index is 1.48. The van der Waals surface area contributed by atoms with E-state index in [1.807, 2.05) is 24.3 Å². The van der Waals surface area contributed by atoms with E-state index in [1.165, 1.54) is 19.4 Å². The number of carbonyl (C=O) groups excluding carboxylic acids is 1. The average molecular weight is 327 g/mol. The fraction of sp³-hybridized carbons (Fsp3) is 0.474. The second-order valence-electron chi connectivity index (χ2n) is 6.45. The number of carbonyl (C=O) groups is 1. The van der Waals surface area contributed by atoms with Crippen LogP contribution in [0.4, 0.5) is 0 Å². The third-order valence-electron chi connectivity index (χ3n) is 4.64. The van der Waals surface area contributed by atoms with E-state index in [9.17, 15) is 4.79 Å². The molecule has 1 aliphatic rings. The summed E-state index contributed by atoms with van der Waals surface area (Å²) in [6, 6.07) is 8.52. The van der Waals surface area contributed by atoms with Crippen molar-refractivity contribution in [3.8, 4) is 11.4 Å². The SMILES string of the molecule is CC(=O)c1cnn(-c2ccc(OCCCN3CCCC3C)cc2)c1. The van der Waals surface area contributed by atoms with Crippen LogP contribution in [-0.2, 0) is 0 Å². The number of nitrogens with zero attached hydrogens (tertiary/aromatic N) is 3. The van der Waals surface area contributed by atoms with Gasteiger partial charge in [0.1, 0.15) is 5.75 Å². The highest BCUT2D eigenvalue weighted by atomic mass is 16.5. The Morgan fingerprint density at radius 3 is 2.75 bits per heavy atom. The van der Waals surface area contributed by atoms with Gasteiger partial charge in [-0.25, -0.2) is 4.68 Å². The van der Waals surface area contributed by atoms with Crippen molar-refractivity contribution in [3.05, 3.63) is 42.2 Å². The summed E-state index contributed by atoms with van der Waals surface area (Å²) in [5.41, 5.74) is 1.53. The van der Waals surface area contributed by atoms with Gasteiger partial charge in [0.15, 0.2) is 5.78 Å². The molecule has 1 atom stereocenters. The molecule has 1 fully saturated rings. The molecule has 2 heterocycles. The molecule has 24 heavy (non-hydrogen) atoms. The van der Waals surface area contributed by atoms with E-state index in [4.69, 9.17) is 4.74 Å². The molecular formula is C19H25N3O2. The van der Waals surface area contributed by atoms with Crippen molar-refractivity contribution in [1.29, 1.82) is 0 Å². The van der Waals surface area contributed by atoms with Gasteiger partial charge in [-0.3, -0.25) is 4.79 Å². The molecule has 2 aromatic rings. The van der Waals surface area contributed by atoms with E-state index >= 15 is 0 Å². The quantitative estimate of drug-likeness (QED) is 0.578. The van der Waals surface area contributed by atoms with Gasteiger partial charge in [0, 0.05) is 18.8 Å². The van der Waals surface area contributed by atoms with Crippen LogP contribution in [0, 0.1) is 0 Å². The third kappa shape index (κ3) is 4.03. The van der Waals surface area contributed by atoms with Crippen LogP contribution >= 0.6 is 0 Å². The second-order valence-corrected chi connectivity index (χ2v) is 6.45. The first kappa shape index (κ1) is 16.7. The topological polar surface area (TPSA) is 47.4 Å². The maximum atomic E-state index is 11.3. The minimum absolute atomic E-state index is 0.0218. The average Bonchev–Trinajstić information content (AvgIpc) is 3.22. The number of Topliss-reactive ketones (excluding diaryl/α,β-unsaturated/α-hetero) is 1. The minimum atomic E-state index is 0.0218. The van der Waals surface area contributed by atoms with Crippen molar-refractivity contribution in [3.63, 3.8) is 0 Å². The number of hydrogen-bond donors (Lipinski definition) is 0. The highest BCUT2D eigenvalue weighted by molar-refractivity contribution is 5.93. The summed E-state index contributed by atoms with van der Waals surface area (Å²) < 4.78 is 7.53. The number of benzene rings is 1. The molecule has 0 aliphatic carbocycles. The molecule has 128 valence electrons. The van der Waals surface area contributed by atoms with Crippen molar-refractivity contribution < 1.29 is 9.53 Å². The Bertz CT molecular complexity index is 678. The molecule has 1 aromatic heterocycles. The van der Waals surface area contributed by atoms with Gasteiger partial charge in [0.05, 0.1) is 24.1 Å². The summed E-state index contributed by atoms with van der Waals surface area (Å²) >= 11 is 0. The molecule has 0 saturated carbocycles. The van der Waals surface area contributed by atoms with Crippen LogP contribution in [0.5, 0.6) is 5.75 Å². The fourth-order valence-corrected chi connectivity index (χ4v) is 3.12. The molecule has 0 N–H and O–H groups in total. The maximum absolute atomic E-state index is 11.3. The highest BCUT2D eigenvalue weighted by Crippen LogP contribution is 2.18. The molecule has 0 radical (unpaired) electrons. The molecule has 1 unspecified atom stereocenters. The zero-order valence-corrected chi connectivity index (χ0v) is 14.4. The summed E-state index contributed by atoms with van der Waals surface area (Å²) in [7, 11) is 0. The number of ether oxygens (including phenoxy) is 1. The standard InChI is InChI=1S/C19H25N3O2/c1-15-5-3-10-21(15)11-4-12-24-19-8-6-18(7-9-19)22-14-17(13-20-22)16(2)23/h6-9,13-15H,3-5,10-12H2,1-2H3. The lowest BCUT2D eigenvalue weighted by molar-refractivity contribution is 0.101. The summed E-state index contributed by atoms with van der Waals surface area (Å²) in [4.78, 5) is 13.9. The van der Waals surface area contributed by atoms with Crippen LogP contribution in [0.15, 0.2) is 36.7 Å². The predicted molar refractivity (Wildman–Crippen MR) is 93.9 cm³/mol. The van der Waals surface area contributed by atoms with Crippen LogP contribution in [0.1, 0.15) is 43.5 Å². The molecule has 3 rings (SSSR count). The minimum Gasteiger partial charge on any atom is -0.494 e. The van der Waals surface area contributed by atoms with Gasteiger partial charge in [0.25, 0.3) is 0 Å². The van der Waals surface area contributed by atoms with Crippen LogP contribution in [0.3, 0.4) is 0 Å². The van der Waals surface area contributed by atoms with Gasteiger partial charge in [-0.2, -0.15) is 5.10 Å². The number of likely N-dealkylation sites (tertiary alicyclic amines) is 1. The number of ketones is 1. The molecule has 0 spiro atoms. The number of aromatic nitrogens is 2. The molecule has 1 aromatic carbocycles. The molecule has 1 saturated heterocycles. The first-order valence-electron chi connectivity index (χ1n) is 8.66. The Labute approximate surface area is 143 Å². The van der Waals surface area contributed by atoms with Crippen molar-refractivity contribution in [2.24, 2.45) is 0 Å². The normalized spacial score (nSPS) is 18.0. The first-order chi connectivity index (χ1) is 11.6. The van der Waals surface area contributed by atoms with E-state index in [0.29, 0.717) is 5.56 Å². The van der Waals surface area contributed by atoms with E-state index in [2.05, 4.69) is 16.9 Å². The summed E-state index contributed by atoms with van der Waals surface area (Å²) in [5.74, 6) is 0.890. The Kier molecular flexibility index (Phi) is 5.30. The lowest BCUT2D eigenvalue weighted by atomic mass is 10.2. The molecule has 0 amide bonds. The predicted octanol–water partition coefficient (Wildman–Crippen LogP) is 3.33. The summed E-state index contributed by atoms with van der Waals surface area (Å²) in [5, 5.41) is 4.21. The van der Waals surface area contributed by atoms with E-state index in [0.717, 1.165) is 37.1 Å². The smallest absolute Gasteiger partial charge is 0.162 e. The van der Waals surface area contributed by atoms with Crippen molar-refractivity contribution >= 4 is 5.78 Å². The zero-order valence-electron chi connectivity index (χ0n) is 14.4. The Morgan fingerprint density at radius 2 is 2.12 bits per heavy atom. The van der Waals surface area contributed by atoms with Crippen LogP contribution in [-0.4, -0.2) is 46.2 Å². The lowest BCUT2D eigenvalue weighted by Crippen LogP contribution is -2.28. The van der Waals surface area contributed by atoms with Crippen molar-refractivity contribution in [1.82, 2.24) is 14.7 Å². The first-order valence-corrected chi connectivity index (χ1v) is 8.66. The number of rotatable bonds is 7. The van der Waals surface area contributed by atoms with Gasteiger partial charge in [-0.15, -0.1) is 0 Å². The molecule has 5 heteroatoms.